The van der Waals surface area contributed by atoms with Gasteiger partial charge in [-0.25, -0.2) is 13.4 Å². The van der Waals surface area contributed by atoms with Gasteiger partial charge >= 0.3 is 0 Å². The first-order chi connectivity index (χ1) is 12.9. The summed E-state index contributed by atoms with van der Waals surface area (Å²) in [5.74, 6) is 0.305. The second-order valence-electron chi connectivity index (χ2n) is 6.87. The third kappa shape index (κ3) is 3.40. The Morgan fingerprint density at radius 2 is 1.78 bits per heavy atom. The molecule has 1 aliphatic rings. The Morgan fingerprint density at radius 3 is 2.48 bits per heavy atom. The van der Waals surface area contributed by atoms with Crippen LogP contribution in [0.3, 0.4) is 0 Å². The molecule has 1 N–H and O–H groups in total. The average molecular weight is 379 g/mol. The van der Waals surface area contributed by atoms with Crippen LogP contribution in [0.2, 0.25) is 0 Å². The number of aryl methyl sites for hydroxylation is 1. The van der Waals surface area contributed by atoms with Gasteiger partial charge in [0.2, 0.25) is 0 Å². The normalized spacial score (nSPS) is 16.2. The smallest absolute Gasteiger partial charge is 0.263 e. The number of benzene rings is 2. The molecule has 2 heterocycles. The molecule has 0 saturated carbocycles. The number of anilines is 3. The van der Waals surface area contributed by atoms with Gasteiger partial charge in [0.25, 0.3) is 10.0 Å². The molecule has 138 valence electrons. The summed E-state index contributed by atoms with van der Waals surface area (Å²) in [4.78, 5) is 6.79. The highest BCUT2D eigenvalue weighted by Crippen LogP contribution is 2.37. The van der Waals surface area contributed by atoms with Gasteiger partial charge in [-0.2, -0.15) is 0 Å². The third-order valence-electron chi connectivity index (χ3n) is 4.80. The Labute approximate surface area is 159 Å². The van der Waals surface area contributed by atoms with Crippen LogP contribution in [-0.4, -0.2) is 19.4 Å². The quantitative estimate of drug-likeness (QED) is 0.735. The van der Waals surface area contributed by atoms with E-state index in [-0.39, 0.29) is 4.90 Å². The molecule has 0 amide bonds. The monoisotopic (exact) mass is 379 g/mol. The van der Waals surface area contributed by atoms with E-state index in [0.29, 0.717) is 11.9 Å². The fourth-order valence-electron chi connectivity index (χ4n) is 3.46. The molecule has 0 bridgehead atoms. The Balaban J connectivity index is 1.57. The summed E-state index contributed by atoms with van der Waals surface area (Å²) in [5.41, 5.74) is 4.45. The van der Waals surface area contributed by atoms with E-state index in [1.54, 1.807) is 36.5 Å². The molecule has 1 aliphatic heterocycles. The SMILES string of the molecule is Cc1ccc(S(=O)(=O)Nc2ccc(N3c4ccccc4CC3C)cn2)cc1. The van der Waals surface area contributed by atoms with Gasteiger partial charge in [-0.3, -0.25) is 4.72 Å². The van der Waals surface area contributed by atoms with Crippen molar-refractivity contribution >= 4 is 27.2 Å². The number of rotatable bonds is 4. The highest BCUT2D eigenvalue weighted by atomic mass is 32.2. The van der Waals surface area contributed by atoms with Crippen LogP contribution in [0.25, 0.3) is 0 Å². The maximum absolute atomic E-state index is 12.5. The summed E-state index contributed by atoms with van der Waals surface area (Å²) >= 11 is 0. The number of para-hydroxylation sites is 1. The topological polar surface area (TPSA) is 62.3 Å². The summed E-state index contributed by atoms with van der Waals surface area (Å²) < 4.78 is 27.6. The molecule has 1 unspecified atom stereocenters. The molecule has 0 radical (unpaired) electrons. The molecule has 0 aliphatic carbocycles. The average Bonchev–Trinajstić information content (AvgIpc) is 2.98. The van der Waals surface area contributed by atoms with Crippen LogP contribution in [0.15, 0.2) is 71.8 Å². The van der Waals surface area contributed by atoms with Crippen LogP contribution < -0.4 is 9.62 Å². The minimum Gasteiger partial charge on any atom is -0.337 e. The third-order valence-corrected chi connectivity index (χ3v) is 6.17. The van der Waals surface area contributed by atoms with Crippen LogP contribution in [0.1, 0.15) is 18.1 Å². The van der Waals surface area contributed by atoms with Crippen molar-refractivity contribution in [3.8, 4) is 0 Å². The van der Waals surface area contributed by atoms with E-state index in [1.807, 2.05) is 19.1 Å². The van der Waals surface area contributed by atoms with Gasteiger partial charge in [-0.15, -0.1) is 0 Å². The van der Waals surface area contributed by atoms with Crippen molar-refractivity contribution in [2.24, 2.45) is 0 Å². The van der Waals surface area contributed by atoms with E-state index in [2.05, 4.69) is 39.7 Å². The zero-order valence-electron chi connectivity index (χ0n) is 15.3. The van der Waals surface area contributed by atoms with E-state index in [0.717, 1.165) is 17.7 Å². The number of hydrogen-bond donors (Lipinski definition) is 1. The van der Waals surface area contributed by atoms with E-state index in [9.17, 15) is 8.42 Å². The molecular weight excluding hydrogens is 358 g/mol. The Hall–Kier alpha value is -2.86. The zero-order chi connectivity index (χ0) is 19.0. The van der Waals surface area contributed by atoms with Crippen molar-refractivity contribution in [2.75, 3.05) is 9.62 Å². The van der Waals surface area contributed by atoms with Gasteiger partial charge in [0, 0.05) is 11.7 Å². The van der Waals surface area contributed by atoms with Gasteiger partial charge in [-0.05, 0) is 56.2 Å². The molecule has 1 atom stereocenters. The van der Waals surface area contributed by atoms with E-state index < -0.39 is 10.0 Å². The van der Waals surface area contributed by atoms with Crippen LogP contribution in [0, 0.1) is 6.92 Å². The summed E-state index contributed by atoms with van der Waals surface area (Å²) in [5, 5.41) is 0. The van der Waals surface area contributed by atoms with E-state index in [4.69, 9.17) is 0 Å². The van der Waals surface area contributed by atoms with Crippen molar-refractivity contribution < 1.29 is 8.42 Å². The molecule has 1 aromatic heterocycles. The van der Waals surface area contributed by atoms with Crippen molar-refractivity contribution in [3.05, 3.63) is 78.0 Å². The van der Waals surface area contributed by atoms with Gasteiger partial charge in [0.15, 0.2) is 0 Å². The van der Waals surface area contributed by atoms with Crippen molar-refractivity contribution in [3.63, 3.8) is 0 Å². The zero-order valence-corrected chi connectivity index (χ0v) is 16.1. The number of aromatic nitrogens is 1. The van der Waals surface area contributed by atoms with Crippen LogP contribution in [0.5, 0.6) is 0 Å². The lowest BCUT2D eigenvalue weighted by Crippen LogP contribution is -2.24. The van der Waals surface area contributed by atoms with E-state index in [1.165, 1.54) is 11.3 Å². The summed E-state index contributed by atoms with van der Waals surface area (Å²) in [7, 11) is -3.65. The van der Waals surface area contributed by atoms with Crippen LogP contribution >= 0.6 is 0 Å². The second-order valence-corrected chi connectivity index (χ2v) is 8.55. The standard InChI is InChI=1S/C21H21N3O2S/c1-15-7-10-19(11-8-15)27(25,26)23-21-12-9-18(14-22-21)24-16(2)13-17-5-3-4-6-20(17)24/h3-12,14,16H,13H2,1-2H3,(H,22,23). The largest absolute Gasteiger partial charge is 0.337 e. The first-order valence-corrected chi connectivity index (χ1v) is 10.3. The molecule has 0 spiro atoms. The minimum absolute atomic E-state index is 0.223. The fraction of sp³-hybridized carbons (Fsp3) is 0.190. The highest BCUT2D eigenvalue weighted by molar-refractivity contribution is 7.92. The molecule has 3 aromatic rings. The van der Waals surface area contributed by atoms with Gasteiger partial charge in [0.1, 0.15) is 5.82 Å². The lowest BCUT2D eigenvalue weighted by molar-refractivity contribution is 0.601. The first kappa shape index (κ1) is 17.5. The number of sulfonamides is 1. The lowest BCUT2D eigenvalue weighted by Gasteiger charge is -2.24. The van der Waals surface area contributed by atoms with Crippen molar-refractivity contribution in [1.29, 1.82) is 0 Å². The number of nitrogens with zero attached hydrogens (tertiary/aromatic N) is 2. The Bertz CT molecular complexity index is 1060. The molecule has 27 heavy (non-hydrogen) atoms. The number of pyridine rings is 1. The Kier molecular flexibility index (Phi) is 4.36. The van der Waals surface area contributed by atoms with Gasteiger partial charge < -0.3 is 4.90 Å². The first-order valence-electron chi connectivity index (χ1n) is 8.87. The highest BCUT2D eigenvalue weighted by Gasteiger charge is 2.27. The lowest BCUT2D eigenvalue weighted by atomic mass is 10.1. The maximum Gasteiger partial charge on any atom is 0.263 e. The van der Waals surface area contributed by atoms with Crippen LogP contribution in [0.4, 0.5) is 17.2 Å². The summed E-state index contributed by atoms with van der Waals surface area (Å²) in [6, 6.07) is 19.0. The molecule has 6 heteroatoms. The predicted molar refractivity (Wildman–Crippen MR) is 108 cm³/mol. The molecule has 5 nitrogen and oxygen atoms in total. The molecule has 2 aromatic carbocycles. The molecular formula is C21H21N3O2S. The number of fused-ring (bicyclic) bond motifs is 1. The summed E-state index contributed by atoms with van der Waals surface area (Å²) in [6.45, 7) is 4.09. The second kappa shape index (κ2) is 6.70. The molecule has 0 fully saturated rings. The predicted octanol–water partition coefficient (Wildman–Crippen LogP) is 4.27. The van der Waals surface area contributed by atoms with Gasteiger partial charge in [-0.1, -0.05) is 35.9 Å². The van der Waals surface area contributed by atoms with Crippen molar-refractivity contribution in [2.45, 2.75) is 31.2 Å². The molecule has 0 saturated heterocycles. The Morgan fingerprint density at radius 1 is 1.04 bits per heavy atom. The maximum atomic E-state index is 12.5. The number of hydrogen-bond acceptors (Lipinski definition) is 4. The van der Waals surface area contributed by atoms with Crippen molar-refractivity contribution in [1.82, 2.24) is 4.98 Å². The minimum atomic E-state index is -3.65. The molecule has 4 rings (SSSR count). The van der Waals surface area contributed by atoms with Crippen LogP contribution in [-0.2, 0) is 16.4 Å². The summed E-state index contributed by atoms with van der Waals surface area (Å²) in [6.07, 6.45) is 2.70. The van der Waals surface area contributed by atoms with Gasteiger partial charge in [0.05, 0.1) is 16.8 Å². The number of nitrogens with one attached hydrogen (secondary N) is 1. The van der Waals surface area contributed by atoms with E-state index >= 15 is 0 Å². The fourth-order valence-corrected chi connectivity index (χ4v) is 4.47.